The summed E-state index contributed by atoms with van der Waals surface area (Å²) in [5.74, 6) is -0.273. The summed E-state index contributed by atoms with van der Waals surface area (Å²) < 4.78 is 20.5. The Hall–Kier alpha value is -2.01. The van der Waals surface area contributed by atoms with E-state index in [2.05, 4.69) is 5.43 Å². The number of nitrogens with zero attached hydrogens (tertiary/aromatic N) is 1. The number of rotatable bonds is 6. The van der Waals surface area contributed by atoms with Crippen LogP contribution in [0.5, 0.6) is 5.75 Å². The quantitative estimate of drug-likeness (QED) is 0.852. The molecule has 0 aliphatic rings. The van der Waals surface area contributed by atoms with E-state index in [1.165, 1.54) is 12.1 Å². The van der Waals surface area contributed by atoms with Crippen molar-refractivity contribution in [2.24, 2.45) is 0 Å². The highest BCUT2D eigenvalue weighted by Crippen LogP contribution is 2.15. The minimum atomic E-state index is -0.726. The number of aryl methyl sites for hydroxylation is 2. The Bertz CT molecular complexity index is 549. The van der Waals surface area contributed by atoms with Gasteiger partial charge >= 0.3 is 0 Å². The van der Waals surface area contributed by atoms with E-state index in [4.69, 9.17) is 4.74 Å². The first-order valence-electron chi connectivity index (χ1n) is 6.52. The molecule has 0 spiro atoms. The van der Waals surface area contributed by atoms with Crippen LogP contribution in [0.2, 0.25) is 0 Å². The number of aliphatic hydroxyl groups excluding tert-OH is 1. The third-order valence-electron chi connectivity index (χ3n) is 3.02. The molecule has 1 atom stereocenters. The van der Waals surface area contributed by atoms with Crippen molar-refractivity contribution in [2.75, 3.05) is 18.6 Å². The largest absolute Gasteiger partial charge is 0.488 e. The molecule has 1 aromatic heterocycles. The summed E-state index contributed by atoms with van der Waals surface area (Å²) in [6.07, 6.45) is -0.726. The maximum atomic E-state index is 13.3. The predicted molar refractivity (Wildman–Crippen MR) is 76.0 cm³/mol. The van der Waals surface area contributed by atoms with E-state index < -0.39 is 11.9 Å². The zero-order chi connectivity index (χ0) is 14.5. The highest BCUT2D eigenvalue weighted by molar-refractivity contribution is 5.23. The summed E-state index contributed by atoms with van der Waals surface area (Å²) in [5, 5.41) is 9.86. The van der Waals surface area contributed by atoms with E-state index in [1.54, 1.807) is 12.1 Å². The standard InChI is InChI=1S/C15H19FN2O2/c1-11-7-8-12(2)18(11)17-9-13(19)10-20-15-6-4-3-5-14(15)16/h3-8,13,17,19H,9-10H2,1-2H3. The van der Waals surface area contributed by atoms with Crippen LogP contribution < -0.4 is 10.2 Å². The van der Waals surface area contributed by atoms with Crippen LogP contribution in [0.25, 0.3) is 0 Å². The summed E-state index contributed by atoms with van der Waals surface area (Å²) in [7, 11) is 0. The van der Waals surface area contributed by atoms with Crippen LogP contribution in [-0.4, -0.2) is 29.0 Å². The minimum Gasteiger partial charge on any atom is -0.488 e. The van der Waals surface area contributed by atoms with Gasteiger partial charge in [0.25, 0.3) is 0 Å². The van der Waals surface area contributed by atoms with Crippen molar-refractivity contribution >= 4 is 0 Å². The lowest BCUT2D eigenvalue weighted by molar-refractivity contribution is 0.113. The average Bonchev–Trinajstić information content (AvgIpc) is 2.75. The molecular formula is C15H19FN2O2. The van der Waals surface area contributed by atoms with Gasteiger partial charge in [-0.15, -0.1) is 0 Å². The van der Waals surface area contributed by atoms with Crippen LogP contribution in [0.4, 0.5) is 4.39 Å². The van der Waals surface area contributed by atoms with E-state index in [0.29, 0.717) is 6.54 Å². The number of ether oxygens (including phenoxy) is 1. The second kappa shape index (κ2) is 6.43. The monoisotopic (exact) mass is 278 g/mol. The van der Waals surface area contributed by atoms with Crippen molar-refractivity contribution in [1.82, 2.24) is 4.68 Å². The molecule has 0 amide bonds. The number of benzene rings is 1. The SMILES string of the molecule is Cc1ccc(C)n1NCC(O)COc1ccccc1F. The lowest BCUT2D eigenvalue weighted by Gasteiger charge is -2.17. The van der Waals surface area contributed by atoms with Crippen LogP contribution in [0.15, 0.2) is 36.4 Å². The molecule has 0 bridgehead atoms. The Morgan fingerprint density at radius 3 is 2.50 bits per heavy atom. The summed E-state index contributed by atoms with van der Waals surface area (Å²) >= 11 is 0. The van der Waals surface area contributed by atoms with E-state index in [9.17, 15) is 9.50 Å². The van der Waals surface area contributed by atoms with Gasteiger partial charge in [0.05, 0.1) is 6.54 Å². The fourth-order valence-corrected chi connectivity index (χ4v) is 1.92. The molecule has 108 valence electrons. The van der Waals surface area contributed by atoms with Crippen LogP contribution in [0.3, 0.4) is 0 Å². The van der Waals surface area contributed by atoms with Crippen LogP contribution in [0, 0.1) is 19.7 Å². The minimum absolute atomic E-state index is 0.0350. The normalized spacial score (nSPS) is 12.2. The number of aliphatic hydroxyl groups is 1. The number of para-hydroxylation sites is 1. The Morgan fingerprint density at radius 1 is 1.20 bits per heavy atom. The molecule has 0 fully saturated rings. The molecule has 1 aromatic carbocycles. The molecular weight excluding hydrogens is 259 g/mol. The number of hydrogen-bond donors (Lipinski definition) is 2. The molecule has 0 saturated heterocycles. The maximum Gasteiger partial charge on any atom is 0.165 e. The van der Waals surface area contributed by atoms with Crippen LogP contribution in [0.1, 0.15) is 11.4 Å². The zero-order valence-electron chi connectivity index (χ0n) is 11.6. The number of nitrogens with one attached hydrogen (secondary N) is 1. The van der Waals surface area contributed by atoms with E-state index >= 15 is 0 Å². The topological polar surface area (TPSA) is 46.4 Å². The first-order valence-corrected chi connectivity index (χ1v) is 6.52. The van der Waals surface area contributed by atoms with Crippen molar-refractivity contribution < 1.29 is 14.2 Å². The Morgan fingerprint density at radius 2 is 1.85 bits per heavy atom. The van der Waals surface area contributed by atoms with Crippen molar-refractivity contribution in [3.63, 3.8) is 0 Å². The van der Waals surface area contributed by atoms with Crippen molar-refractivity contribution in [3.05, 3.63) is 53.6 Å². The molecule has 2 aromatic rings. The van der Waals surface area contributed by atoms with Gasteiger partial charge in [-0.3, -0.25) is 4.68 Å². The van der Waals surface area contributed by atoms with Gasteiger partial charge < -0.3 is 15.3 Å². The Kier molecular flexibility index (Phi) is 4.63. The van der Waals surface area contributed by atoms with Crippen LogP contribution in [-0.2, 0) is 0 Å². The average molecular weight is 278 g/mol. The highest BCUT2D eigenvalue weighted by atomic mass is 19.1. The van der Waals surface area contributed by atoms with Gasteiger partial charge in [0, 0.05) is 11.4 Å². The lowest BCUT2D eigenvalue weighted by Crippen LogP contribution is -2.31. The summed E-state index contributed by atoms with van der Waals surface area (Å²) in [5.41, 5.74) is 5.22. The fraction of sp³-hybridized carbons (Fsp3) is 0.333. The highest BCUT2D eigenvalue weighted by Gasteiger charge is 2.09. The van der Waals surface area contributed by atoms with Gasteiger partial charge in [-0.2, -0.15) is 0 Å². The summed E-state index contributed by atoms with van der Waals surface area (Å²) in [6.45, 7) is 4.31. The van der Waals surface area contributed by atoms with Crippen molar-refractivity contribution in [3.8, 4) is 5.75 Å². The summed E-state index contributed by atoms with van der Waals surface area (Å²) in [4.78, 5) is 0. The molecule has 1 unspecified atom stereocenters. The smallest absolute Gasteiger partial charge is 0.165 e. The second-order valence-electron chi connectivity index (χ2n) is 4.71. The number of hydrogen-bond acceptors (Lipinski definition) is 3. The third-order valence-corrected chi connectivity index (χ3v) is 3.02. The molecule has 20 heavy (non-hydrogen) atoms. The molecule has 1 heterocycles. The first kappa shape index (κ1) is 14.4. The van der Waals surface area contributed by atoms with Gasteiger partial charge in [-0.25, -0.2) is 4.39 Å². The van der Waals surface area contributed by atoms with Gasteiger partial charge in [-0.1, -0.05) is 12.1 Å². The molecule has 2 rings (SSSR count). The van der Waals surface area contributed by atoms with Gasteiger partial charge in [0.15, 0.2) is 11.6 Å². The first-order chi connectivity index (χ1) is 9.58. The summed E-state index contributed by atoms with van der Waals surface area (Å²) in [6, 6.07) is 10.1. The van der Waals surface area contributed by atoms with E-state index in [-0.39, 0.29) is 12.4 Å². The number of aromatic nitrogens is 1. The van der Waals surface area contributed by atoms with E-state index in [0.717, 1.165) is 11.4 Å². The van der Waals surface area contributed by atoms with Gasteiger partial charge in [0.1, 0.15) is 12.7 Å². The Labute approximate surface area is 117 Å². The Balaban J connectivity index is 1.82. The second-order valence-corrected chi connectivity index (χ2v) is 4.71. The molecule has 5 heteroatoms. The van der Waals surface area contributed by atoms with Crippen LogP contribution >= 0.6 is 0 Å². The predicted octanol–water partition coefficient (Wildman–Crippen LogP) is 2.23. The fourth-order valence-electron chi connectivity index (χ4n) is 1.92. The molecule has 2 N–H and O–H groups in total. The number of halogens is 1. The van der Waals surface area contributed by atoms with Gasteiger partial charge in [-0.05, 0) is 38.1 Å². The molecule has 0 radical (unpaired) electrons. The van der Waals surface area contributed by atoms with Crippen molar-refractivity contribution in [2.45, 2.75) is 20.0 Å². The maximum absolute atomic E-state index is 13.3. The van der Waals surface area contributed by atoms with Gasteiger partial charge in [0.2, 0.25) is 0 Å². The van der Waals surface area contributed by atoms with Crippen molar-refractivity contribution in [1.29, 1.82) is 0 Å². The molecule has 0 saturated carbocycles. The van der Waals surface area contributed by atoms with E-state index in [1.807, 2.05) is 30.7 Å². The molecule has 0 aliphatic heterocycles. The molecule has 0 aliphatic carbocycles. The third kappa shape index (κ3) is 3.51. The molecule has 4 nitrogen and oxygen atoms in total. The zero-order valence-corrected chi connectivity index (χ0v) is 11.6. The lowest BCUT2D eigenvalue weighted by atomic mass is 10.3.